The fourth-order valence-corrected chi connectivity index (χ4v) is 3.42. The van der Waals surface area contributed by atoms with Crippen LogP contribution >= 0.6 is 0 Å². The van der Waals surface area contributed by atoms with Crippen LogP contribution in [-0.2, 0) is 0 Å². The molecule has 1 aliphatic carbocycles. The number of rotatable bonds is 8. The van der Waals surface area contributed by atoms with Crippen molar-refractivity contribution in [2.75, 3.05) is 0 Å². The zero-order chi connectivity index (χ0) is 11.3. The van der Waals surface area contributed by atoms with Gasteiger partial charge >= 0.3 is 0 Å². The fourth-order valence-electron chi connectivity index (χ4n) is 3.42. The van der Waals surface area contributed by atoms with Gasteiger partial charge in [0.15, 0.2) is 0 Å². The first kappa shape index (κ1) is 13.1. The van der Waals surface area contributed by atoms with Gasteiger partial charge in [0.1, 0.15) is 0 Å². The number of hydrogen-bond donors (Lipinski definition) is 0. The van der Waals surface area contributed by atoms with Crippen LogP contribution in [0.4, 0.5) is 0 Å². The quantitative estimate of drug-likeness (QED) is 0.511. The molecule has 0 aliphatic heterocycles. The predicted octanol–water partition coefficient (Wildman–Crippen LogP) is 5.28. The molecule has 1 rings (SSSR count). The van der Waals surface area contributed by atoms with E-state index in [1.807, 2.05) is 0 Å². The van der Waals surface area contributed by atoms with Crippen molar-refractivity contribution in [3.05, 3.63) is 0 Å². The van der Waals surface area contributed by atoms with Gasteiger partial charge in [-0.15, -0.1) is 0 Å². The molecule has 1 aliphatic rings. The van der Waals surface area contributed by atoms with Gasteiger partial charge in [-0.2, -0.15) is 0 Å². The highest BCUT2D eigenvalue weighted by Gasteiger charge is 2.42. The Hall–Kier alpha value is 0. The molecule has 0 nitrogen and oxygen atoms in total. The zero-order valence-corrected chi connectivity index (χ0v) is 11.3. The van der Waals surface area contributed by atoms with Gasteiger partial charge in [0.05, 0.1) is 0 Å². The standard InChI is InChI=1S/C15H30/c1-5-8-12(4)14(10-7-3)15-11-13(15)9-6-2/h12-15H,5-11H2,1-4H3. The maximum absolute atomic E-state index is 2.49. The Balaban J connectivity index is 2.37. The van der Waals surface area contributed by atoms with Crippen molar-refractivity contribution in [3.8, 4) is 0 Å². The lowest BCUT2D eigenvalue weighted by Crippen LogP contribution is -2.15. The molecule has 90 valence electrons. The van der Waals surface area contributed by atoms with Crippen molar-refractivity contribution >= 4 is 0 Å². The molecule has 0 N–H and O–H groups in total. The minimum absolute atomic E-state index is 0.974. The first-order chi connectivity index (χ1) is 7.24. The van der Waals surface area contributed by atoms with E-state index in [2.05, 4.69) is 27.7 Å². The Labute approximate surface area is 96.8 Å². The smallest absolute Gasteiger partial charge is 0.0352 e. The molecule has 0 amide bonds. The Morgan fingerprint density at radius 1 is 1.00 bits per heavy atom. The minimum Gasteiger partial charge on any atom is -0.0654 e. The second-order valence-electron chi connectivity index (χ2n) is 5.67. The molecule has 0 saturated heterocycles. The number of hydrogen-bond acceptors (Lipinski definition) is 0. The molecular weight excluding hydrogens is 180 g/mol. The maximum Gasteiger partial charge on any atom is -0.0352 e. The van der Waals surface area contributed by atoms with Gasteiger partial charge in [0.2, 0.25) is 0 Å². The summed E-state index contributed by atoms with van der Waals surface area (Å²) >= 11 is 0. The molecule has 15 heavy (non-hydrogen) atoms. The summed E-state index contributed by atoms with van der Waals surface area (Å²) in [5.41, 5.74) is 0. The molecular formula is C15H30. The first-order valence-corrected chi connectivity index (χ1v) is 7.24. The molecule has 0 spiro atoms. The van der Waals surface area contributed by atoms with Crippen LogP contribution in [0.2, 0.25) is 0 Å². The van der Waals surface area contributed by atoms with E-state index in [4.69, 9.17) is 0 Å². The fraction of sp³-hybridized carbons (Fsp3) is 1.00. The molecule has 0 aromatic rings. The van der Waals surface area contributed by atoms with Crippen molar-refractivity contribution in [2.24, 2.45) is 23.7 Å². The van der Waals surface area contributed by atoms with Gasteiger partial charge in [-0.05, 0) is 30.1 Å². The van der Waals surface area contributed by atoms with E-state index in [9.17, 15) is 0 Å². The van der Waals surface area contributed by atoms with E-state index < -0.39 is 0 Å². The van der Waals surface area contributed by atoms with Crippen LogP contribution in [-0.4, -0.2) is 0 Å². The summed E-state index contributed by atoms with van der Waals surface area (Å²) in [6.07, 6.45) is 10.1. The third-order valence-electron chi connectivity index (χ3n) is 4.28. The molecule has 0 bridgehead atoms. The molecule has 4 unspecified atom stereocenters. The predicted molar refractivity (Wildman–Crippen MR) is 69.0 cm³/mol. The van der Waals surface area contributed by atoms with Crippen LogP contribution in [0.1, 0.15) is 72.6 Å². The van der Waals surface area contributed by atoms with E-state index in [-0.39, 0.29) is 0 Å². The van der Waals surface area contributed by atoms with Gasteiger partial charge in [-0.3, -0.25) is 0 Å². The Morgan fingerprint density at radius 2 is 1.67 bits per heavy atom. The summed E-state index contributed by atoms with van der Waals surface area (Å²) in [7, 11) is 0. The summed E-state index contributed by atoms with van der Waals surface area (Å²) in [6.45, 7) is 9.50. The van der Waals surface area contributed by atoms with Gasteiger partial charge < -0.3 is 0 Å². The van der Waals surface area contributed by atoms with E-state index in [0.29, 0.717) is 0 Å². The largest absolute Gasteiger partial charge is 0.0654 e. The topological polar surface area (TPSA) is 0 Å². The van der Waals surface area contributed by atoms with Crippen molar-refractivity contribution in [3.63, 3.8) is 0 Å². The summed E-state index contributed by atoms with van der Waals surface area (Å²) in [6, 6.07) is 0. The van der Waals surface area contributed by atoms with Crippen molar-refractivity contribution < 1.29 is 0 Å². The lowest BCUT2D eigenvalue weighted by molar-refractivity contribution is 0.265. The average molecular weight is 210 g/mol. The minimum atomic E-state index is 0.974. The molecule has 0 heterocycles. The van der Waals surface area contributed by atoms with Crippen molar-refractivity contribution in [1.82, 2.24) is 0 Å². The lowest BCUT2D eigenvalue weighted by Gasteiger charge is -2.23. The third kappa shape index (κ3) is 3.81. The molecule has 0 radical (unpaired) electrons. The summed E-state index contributed by atoms with van der Waals surface area (Å²) < 4.78 is 0. The van der Waals surface area contributed by atoms with E-state index in [1.54, 1.807) is 6.42 Å². The first-order valence-electron chi connectivity index (χ1n) is 7.24. The van der Waals surface area contributed by atoms with Gasteiger partial charge in [0, 0.05) is 0 Å². The van der Waals surface area contributed by atoms with E-state index >= 15 is 0 Å². The van der Waals surface area contributed by atoms with Crippen molar-refractivity contribution in [1.29, 1.82) is 0 Å². The van der Waals surface area contributed by atoms with Crippen LogP contribution in [0.25, 0.3) is 0 Å². The second kappa shape index (κ2) is 6.55. The third-order valence-corrected chi connectivity index (χ3v) is 4.28. The van der Waals surface area contributed by atoms with Crippen molar-refractivity contribution in [2.45, 2.75) is 72.6 Å². The van der Waals surface area contributed by atoms with Crippen LogP contribution in [0.3, 0.4) is 0 Å². The zero-order valence-electron chi connectivity index (χ0n) is 11.3. The van der Waals surface area contributed by atoms with E-state index in [0.717, 1.165) is 23.7 Å². The molecule has 0 aromatic carbocycles. The Kier molecular flexibility index (Phi) is 5.71. The second-order valence-corrected chi connectivity index (χ2v) is 5.67. The average Bonchev–Trinajstić information content (AvgIpc) is 2.94. The monoisotopic (exact) mass is 210 g/mol. The van der Waals surface area contributed by atoms with Gasteiger partial charge in [0.25, 0.3) is 0 Å². The summed E-state index contributed by atoms with van der Waals surface area (Å²) in [5, 5.41) is 0. The normalized spacial score (nSPS) is 28.8. The van der Waals surface area contributed by atoms with Crippen LogP contribution < -0.4 is 0 Å². The Bertz CT molecular complexity index is 161. The summed E-state index contributed by atoms with van der Waals surface area (Å²) in [4.78, 5) is 0. The lowest BCUT2D eigenvalue weighted by atomic mass is 9.82. The highest BCUT2D eigenvalue weighted by molar-refractivity contribution is 4.92. The summed E-state index contributed by atoms with van der Waals surface area (Å²) in [5.74, 6) is 4.23. The molecule has 0 heteroatoms. The highest BCUT2D eigenvalue weighted by Crippen LogP contribution is 2.51. The van der Waals surface area contributed by atoms with E-state index in [1.165, 1.54) is 38.5 Å². The molecule has 4 atom stereocenters. The SMILES string of the molecule is CCCC(C)C(CCC)C1CC1CCC. The van der Waals surface area contributed by atoms with Gasteiger partial charge in [-0.25, -0.2) is 0 Å². The molecule has 1 saturated carbocycles. The van der Waals surface area contributed by atoms with Crippen LogP contribution in [0.5, 0.6) is 0 Å². The maximum atomic E-state index is 2.49. The molecule has 0 aromatic heterocycles. The van der Waals surface area contributed by atoms with Gasteiger partial charge in [-0.1, -0.05) is 66.2 Å². The Morgan fingerprint density at radius 3 is 2.20 bits per heavy atom. The highest BCUT2D eigenvalue weighted by atomic mass is 14.5. The van der Waals surface area contributed by atoms with Crippen LogP contribution in [0, 0.1) is 23.7 Å². The molecule has 1 fully saturated rings. The van der Waals surface area contributed by atoms with Crippen LogP contribution in [0.15, 0.2) is 0 Å².